The van der Waals surface area contributed by atoms with Gasteiger partial charge in [-0.05, 0) is 58.7 Å². The number of fused-ring (bicyclic) bond motifs is 6. The number of pyridine rings is 2. The highest BCUT2D eigenvalue weighted by Crippen LogP contribution is 2.36. The van der Waals surface area contributed by atoms with E-state index in [4.69, 9.17) is 14.5 Å². The minimum Gasteiger partial charge on any atom is -0.492 e. The van der Waals surface area contributed by atoms with Gasteiger partial charge in [0.1, 0.15) is 17.2 Å². The first-order chi connectivity index (χ1) is 17.3. The largest absolute Gasteiger partial charge is 0.492 e. The van der Waals surface area contributed by atoms with Crippen molar-refractivity contribution in [2.75, 3.05) is 24.6 Å². The Morgan fingerprint density at radius 1 is 1.17 bits per heavy atom. The summed E-state index contributed by atoms with van der Waals surface area (Å²) in [6, 6.07) is 6.57. The number of nitrogens with one attached hydrogen (secondary N) is 1. The van der Waals surface area contributed by atoms with Gasteiger partial charge >= 0.3 is 6.09 Å². The van der Waals surface area contributed by atoms with Crippen LogP contribution in [0.5, 0.6) is 5.75 Å². The Morgan fingerprint density at radius 2 is 2.00 bits per heavy atom. The zero-order valence-electron chi connectivity index (χ0n) is 21.1. The molecule has 1 amide bonds. The van der Waals surface area contributed by atoms with Crippen molar-refractivity contribution in [3.63, 3.8) is 0 Å². The molecule has 7 rings (SSSR count). The zero-order valence-corrected chi connectivity index (χ0v) is 21.1. The van der Waals surface area contributed by atoms with Gasteiger partial charge in [0.25, 0.3) is 0 Å². The fraction of sp³-hybridized carbons (Fsp3) is 0.462. The van der Waals surface area contributed by atoms with Crippen molar-refractivity contribution in [2.24, 2.45) is 0 Å². The molecule has 10 heteroatoms. The lowest BCUT2D eigenvalue weighted by Gasteiger charge is -2.51. The lowest BCUT2D eigenvalue weighted by atomic mass is 9.91. The topological polar surface area (TPSA) is 101 Å². The molecule has 0 spiro atoms. The van der Waals surface area contributed by atoms with Crippen LogP contribution in [0.1, 0.15) is 40.5 Å². The Balaban J connectivity index is 1.28. The number of anilines is 1. The van der Waals surface area contributed by atoms with Gasteiger partial charge in [-0.1, -0.05) is 0 Å². The lowest BCUT2D eigenvalue weighted by Crippen LogP contribution is -2.64. The highest BCUT2D eigenvalue weighted by molar-refractivity contribution is 6.00. The summed E-state index contributed by atoms with van der Waals surface area (Å²) >= 11 is 0. The van der Waals surface area contributed by atoms with Crippen molar-refractivity contribution in [1.29, 1.82) is 0 Å². The number of aromatic amines is 1. The fourth-order valence-electron chi connectivity index (χ4n) is 5.37. The summed E-state index contributed by atoms with van der Waals surface area (Å²) in [4.78, 5) is 21.8. The number of piperazine rings is 1. The predicted octanol–water partition coefficient (Wildman–Crippen LogP) is 4.26. The Morgan fingerprint density at radius 3 is 2.69 bits per heavy atom. The number of ether oxygens (including phenoxy) is 2. The van der Waals surface area contributed by atoms with E-state index in [-0.39, 0.29) is 18.2 Å². The van der Waals surface area contributed by atoms with Crippen LogP contribution in [0.2, 0.25) is 0 Å². The molecule has 188 valence electrons. The van der Waals surface area contributed by atoms with Crippen LogP contribution in [0.15, 0.2) is 36.8 Å². The van der Waals surface area contributed by atoms with E-state index >= 15 is 0 Å². The van der Waals surface area contributed by atoms with Crippen LogP contribution in [-0.2, 0) is 4.74 Å². The molecule has 3 aliphatic rings. The number of piperidine rings is 2. The van der Waals surface area contributed by atoms with Gasteiger partial charge in [-0.15, -0.1) is 5.10 Å². The third-order valence-corrected chi connectivity index (χ3v) is 6.92. The number of aromatic nitrogens is 5. The third-order valence-electron chi connectivity index (χ3n) is 6.92. The summed E-state index contributed by atoms with van der Waals surface area (Å²) in [5.41, 5.74) is 3.16. The molecular weight excluding hydrogens is 458 g/mol. The molecular formula is C26H31N7O3. The van der Waals surface area contributed by atoms with E-state index in [0.29, 0.717) is 13.2 Å². The van der Waals surface area contributed by atoms with Gasteiger partial charge in [-0.25, -0.2) is 14.3 Å². The molecule has 3 aliphatic heterocycles. The van der Waals surface area contributed by atoms with Gasteiger partial charge in [0, 0.05) is 36.5 Å². The highest BCUT2D eigenvalue weighted by atomic mass is 16.6. The summed E-state index contributed by atoms with van der Waals surface area (Å²) in [5.74, 6) is 1.68. The van der Waals surface area contributed by atoms with Crippen LogP contribution in [0.3, 0.4) is 0 Å². The predicted molar refractivity (Wildman–Crippen MR) is 136 cm³/mol. The van der Waals surface area contributed by atoms with E-state index in [1.54, 1.807) is 6.20 Å². The Hall–Kier alpha value is -3.82. The summed E-state index contributed by atoms with van der Waals surface area (Å²) < 4.78 is 13.3. The first-order valence-corrected chi connectivity index (χ1v) is 12.5. The molecule has 36 heavy (non-hydrogen) atoms. The SMILES string of the molecule is CCOc1cc(-c2ccc(N3CC4CCC3CN4C(=O)OC(C)(C)C)nc2)c2c3cn[nH]c3nn2c1. The summed E-state index contributed by atoms with van der Waals surface area (Å²) in [5, 5.41) is 12.7. The number of rotatable bonds is 4. The molecule has 3 fully saturated rings. The van der Waals surface area contributed by atoms with Crippen LogP contribution in [-0.4, -0.2) is 73.2 Å². The van der Waals surface area contributed by atoms with E-state index in [9.17, 15) is 4.79 Å². The molecule has 4 aromatic rings. The first-order valence-electron chi connectivity index (χ1n) is 12.5. The standard InChI is InChI=1S/C26H31N7O3/c1-5-35-19-10-20(23-21-12-28-29-24(21)30-33(23)15-19)16-6-9-22(27-11-16)31-13-18-8-7-17(31)14-32(18)25(34)36-26(2,3)4/h6,9-12,15,17-18H,5,7-8,13-14H2,1-4H3,(H,29,30). The summed E-state index contributed by atoms with van der Waals surface area (Å²) in [6.07, 6.45) is 7.40. The van der Waals surface area contributed by atoms with Crippen LogP contribution in [0.4, 0.5) is 10.6 Å². The number of H-pyrrole nitrogens is 1. The molecule has 2 atom stereocenters. The van der Waals surface area contributed by atoms with Crippen molar-refractivity contribution in [3.05, 3.63) is 36.8 Å². The van der Waals surface area contributed by atoms with Crippen molar-refractivity contribution in [1.82, 2.24) is 29.7 Å². The van der Waals surface area contributed by atoms with Crippen LogP contribution in [0, 0.1) is 0 Å². The molecule has 2 bridgehead atoms. The smallest absolute Gasteiger partial charge is 0.410 e. The number of amides is 1. The van der Waals surface area contributed by atoms with Crippen LogP contribution >= 0.6 is 0 Å². The van der Waals surface area contributed by atoms with Crippen LogP contribution < -0.4 is 9.64 Å². The van der Waals surface area contributed by atoms with Crippen LogP contribution in [0.25, 0.3) is 27.7 Å². The normalized spacial score (nSPS) is 19.9. The average Bonchev–Trinajstić information content (AvgIpc) is 3.44. The second kappa shape index (κ2) is 8.39. The van der Waals surface area contributed by atoms with E-state index in [1.165, 1.54) is 0 Å². The summed E-state index contributed by atoms with van der Waals surface area (Å²) in [6.45, 7) is 9.68. The Labute approximate surface area is 209 Å². The molecule has 0 aliphatic carbocycles. The van der Waals surface area contributed by atoms with Gasteiger partial charge in [0.05, 0.1) is 35.9 Å². The van der Waals surface area contributed by atoms with Crippen molar-refractivity contribution in [2.45, 2.75) is 58.2 Å². The average molecular weight is 490 g/mol. The minimum atomic E-state index is -0.493. The Bertz CT molecular complexity index is 1420. The maximum Gasteiger partial charge on any atom is 0.410 e. The lowest BCUT2D eigenvalue weighted by molar-refractivity contribution is 0.000785. The first kappa shape index (κ1) is 22.6. The molecule has 0 saturated carbocycles. The molecule has 3 saturated heterocycles. The van der Waals surface area contributed by atoms with Gasteiger partial charge in [-0.2, -0.15) is 5.10 Å². The van der Waals surface area contributed by atoms with E-state index in [0.717, 1.165) is 58.6 Å². The highest BCUT2D eigenvalue weighted by Gasteiger charge is 2.43. The molecule has 4 aromatic heterocycles. The number of carbonyl (C=O) groups excluding carboxylic acids is 1. The third kappa shape index (κ3) is 3.90. The number of nitrogens with zero attached hydrogens (tertiary/aromatic N) is 6. The van der Waals surface area contributed by atoms with Gasteiger partial charge in [0.15, 0.2) is 5.65 Å². The second-order valence-electron chi connectivity index (χ2n) is 10.5. The quantitative estimate of drug-likeness (QED) is 0.457. The number of hydrogen-bond donors (Lipinski definition) is 1. The van der Waals surface area contributed by atoms with E-state index in [2.05, 4.69) is 32.3 Å². The molecule has 10 nitrogen and oxygen atoms in total. The second-order valence-corrected chi connectivity index (χ2v) is 10.5. The van der Waals surface area contributed by atoms with Gasteiger partial charge < -0.3 is 19.3 Å². The van der Waals surface area contributed by atoms with E-state index in [1.807, 2.05) is 55.6 Å². The monoisotopic (exact) mass is 489 g/mol. The maximum absolute atomic E-state index is 12.7. The summed E-state index contributed by atoms with van der Waals surface area (Å²) in [7, 11) is 0. The maximum atomic E-state index is 12.7. The molecule has 0 radical (unpaired) electrons. The van der Waals surface area contributed by atoms with Crippen molar-refractivity contribution < 1.29 is 14.3 Å². The molecule has 2 unspecified atom stereocenters. The number of carbonyl (C=O) groups is 1. The molecule has 0 aromatic carbocycles. The van der Waals surface area contributed by atoms with Gasteiger partial charge in [0.2, 0.25) is 0 Å². The fourth-order valence-corrected chi connectivity index (χ4v) is 5.37. The Kier molecular flexibility index (Phi) is 5.27. The van der Waals surface area contributed by atoms with E-state index < -0.39 is 5.60 Å². The molecule has 1 N–H and O–H groups in total. The minimum absolute atomic E-state index is 0.134. The zero-order chi connectivity index (χ0) is 25.0. The molecule has 7 heterocycles. The van der Waals surface area contributed by atoms with Gasteiger partial charge in [-0.3, -0.25) is 5.10 Å². The van der Waals surface area contributed by atoms with Crippen molar-refractivity contribution >= 4 is 28.5 Å². The number of hydrogen-bond acceptors (Lipinski definition) is 7. The van der Waals surface area contributed by atoms with Crippen molar-refractivity contribution in [3.8, 4) is 16.9 Å².